The van der Waals surface area contributed by atoms with Crippen LogP contribution in [0.3, 0.4) is 0 Å². The molecule has 1 aromatic heterocycles. The number of aromatic nitrogens is 3. The van der Waals surface area contributed by atoms with E-state index in [4.69, 9.17) is 22.1 Å². The average molecular weight is 500 g/mol. The summed E-state index contributed by atoms with van der Waals surface area (Å²) in [4.78, 5) is 12.5. The zero-order chi connectivity index (χ0) is 24.3. The van der Waals surface area contributed by atoms with Crippen molar-refractivity contribution in [1.29, 1.82) is 0 Å². The quantitative estimate of drug-likeness (QED) is 0.572. The van der Waals surface area contributed by atoms with Crippen LogP contribution < -0.4 is 15.8 Å². The molecule has 10 heteroatoms. The molecule has 2 aromatic carbocycles. The van der Waals surface area contributed by atoms with Crippen LogP contribution in [0.5, 0.6) is 5.75 Å². The monoisotopic (exact) mass is 499 g/mol. The van der Waals surface area contributed by atoms with Crippen molar-refractivity contribution in [2.75, 3.05) is 6.54 Å². The number of fused-ring (bicyclic) bond motifs is 2. The number of carbonyl (C=O) groups is 1. The summed E-state index contributed by atoms with van der Waals surface area (Å²) in [5, 5.41) is 11.0. The van der Waals surface area contributed by atoms with E-state index >= 15 is 8.78 Å². The molecule has 0 bridgehead atoms. The van der Waals surface area contributed by atoms with Crippen molar-refractivity contribution in [3.63, 3.8) is 0 Å². The molecule has 0 radical (unpaired) electrons. The lowest BCUT2D eigenvalue weighted by atomic mass is 9.74. The average Bonchev–Trinajstić information content (AvgIpc) is 3.61. The molecule has 35 heavy (non-hydrogen) atoms. The maximum atomic E-state index is 16.0. The van der Waals surface area contributed by atoms with Gasteiger partial charge in [0.15, 0.2) is 17.6 Å². The van der Waals surface area contributed by atoms with Gasteiger partial charge in [0.25, 0.3) is 0 Å². The number of hydrogen-bond acceptors (Lipinski definition) is 5. The van der Waals surface area contributed by atoms with Crippen LogP contribution in [0.4, 0.5) is 8.78 Å². The second kappa shape index (κ2) is 8.27. The van der Waals surface area contributed by atoms with Gasteiger partial charge in [0.05, 0.1) is 17.0 Å². The third-order valence-corrected chi connectivity index (χ3v) is 8.06. The molecule has 3 aliphatic heterocycles. The fourth-order valence-electron chi connectivity index (χ4n) is 6.06. The Kier molecular flexibility index (Phi) is 5.30. The highest BCUT2D eigenvalue weighted by Gasteiger charge is 2.52. The van der Waals surface area contributed by atoms with Crippen LogP contribution in [-0.2, 0) is 23.4 Å². The van der Waals surface area contributed by atoms with Gasteiger partial charge in [0, 0.05) is 30.5 Å². The fraction of sp³-hybridized carbons (Fsp3) is 0.400. The van der Waals surface area contributed by atoms with Crippen LogP contribution in [0.25, 0.3) is 0 Å². The SMILES string of the molecule is NC(=O)C1Cn2cnnc2C(F)C1c1c(Cl)c(F)cc2c1C[C@](c1ccccc1)([C@@H]1CCCN1)O2. The van der Waals surface area contributed by atoms with E-state index in [1.807, 2.05) is 30.3 Å². The van der Waals surface area contributed by atoms with Crippen LogP contribution in [0.1, 0.15) is 47.4 Å². The normalized spacial score (nSPS) is 29.5. The van der Waals surface area contributed by atoms with Crippen LogP contribution in [0, 0.1) is 11.7 Å². The molecule has 1 amide bonds. The van der Waals surface area contributed by atoms with Gasteiger partial charge in [0.1, 0.15) is 17.9 Å². The number of alkyl halides is 1. The molecule has 0 aliphatic carbocycles. The molecule has 3 aromatic rings. The Morgan fingerprint density at radius 3 is 2.83 bits per heavy atom. The van der Waals surface area contributed by atoms with Crippen molar-refractivity contribution >= 4 is 17.5 Å². The van der Waals surface area contributed by atoms with E-state index in [1.54, 1.807) is 0 Å². The second-order valence-corrected chi connectivity index (χ2v) is 9.90. The van der Waals surface area contributed by atoms with Gasteiger partial charge in [-0.1, -0.05) is 41.9 Å². The number of hydrogen-bond donors (Lipinski definition) is 2. The Balaban J connectivity index is 1.53. The fourth-order valence-corrected chi connectivity index (χ4v) is 6.35. The lowest BCUT2D eigenvalue weighted by molar-refractivity contribution is -0.124. The van der Waals surface area contributed by atoms with E-state index in [-0.39, 0.29) is 29.0 Å². The minimum atomic E-state index is -1.75. The topological polar surface area (TPSA) is 95.1 Å². The van der Waals surface area contributed by atoms with Crippen molar-refractivity contribution in [2.24, 2.45) is 11.7 Å². The molecular weight excluding hydrogens is 476 g/mol. The number of amides is 1. The van der Waals surface area contributed by atoms with E-state index < -0.39 is 35.3 Å². The van der Waals surface area contributed by atoms with Crippen molar-refractivity contribution in [2.45, 2.75) is 49.5 Å². The molecule has 0 saturated carbocycles. The van der Waals surface area contributed by atoms with Gasteiger partial charge >= 0.3 is 0 Å². The van der Waals surface area contributed by atoms with Crippen molar-refractivity contribution in [3.8, 4) is 5.75 Å². The predicted molar refractivity (Wildman–Crippen MR) is 124 cm³/mol. The molecule has 3 unspecified atom stereocenters. The summed E-state index contributed by atoms with van der Waals surface area (Å²) >= 11 is 6.54. The zero-order valence-corrected chi connectivity index (χ0v) is 19.5. The first kappa shape index (κ1) is 22.4. The summed E-state index contributed by atoms with van der Waals surface area (Å²) in [6.45, 7) is 0.925. The largest absolute Gasteiger partial charge is 0.480 e. The third kappa shape index (κ3) is 3.36. The number of rotatable bonds is 4. The Labute approximate surface area is 205 Å². The lowest BCUT2D eigenvalue weighted by Crippen LogP contribution is -2.49. The summed E-state index contributed by atoms with van der Waals surface area (Å²) in [6, 6.07) is 11.0. The van der Waals surface area contributed by atoms with Gasteiger partial charge in [-0.25, -0.2) is 8.78 Å². The number of benzene rings is 2. The highest BCUT2D eigenvalue weighted by molar-refractivity contribution is 6.31. The molecule has 7 nitrogen and oxygen atoms in total. The predicted octanol–water partition coefficient (Wildman–Crippen LogP) is 3.56. The van der Waals surface area contributed by atoms with Gasteiger partial charge in [-0.15, -0.1) is 10.2 Å². The van der Waals surface area contributed by atoms with Gasteiger partial charge in [0.2, 0.25) is 5.91 Å². The number of ether oxygens (including phenoxy) is 1. The minimum absolute atomic E-state index is 0.0328. The molecule has 6 rings (SSSR count). The van der Waals surface area contributed by atoms with Crippen LogP contribution in [0.2, 0.25) is 5.02 Å². The van der Waals surface area contributed by atoms with Gasteiger partial charge in [-0.3, -0.25) is 4.79 Å². The zero-order valence-electron chi connectivity index (χ0n) is 18.8. The number of halogens is 3. The van der Waals surface area contributed by atoms with Crippen molar-refractivity contribution < 1.29 is 18.3 Å². The second-order valence-electron chi connectivity index (χ2n) is 9.52. The Hall–Kier alpha value is -3.04. The lowest BCUT2D eigenvalue weighted by Gasteiger charge is -2.36. The number of carbonyl (C=O) groups excluding carboxylic acids is 1. The summed E-state index contributed by atoms with van der Waals surface area (Å²) in [7, 11) is 0. The standard InChI is InChI=1S/C25H24ClF2N5O2/c26-21-16(27)9-17-14(10-25(35-17,18-7-4-8-30-18)13-5-2-1-3-6-13)19(21)20-15(23(29)34)11-33-12-31-32-24(33)22(20)28/h1-3,5-6,9,12,15,18,20,22,30H,4,7-8,10-11H2,(H2,29,34)/t15?,18-,20?,22?,25-/m0/s1. The van der Waals surface area contributed by atoms with E-state index in [0.29, 0.717) is 17.7 Å². The molecule has 3 N–H and O–H groups in total. The first-order valence-electron chi connectivity index (χ1n) is 11.7. The first-order valence-corrected chi connectivity index (χ1v) is 12.1. The Morgan fingerprint density at radius 1 is 1.31 bits per heavy atom. The van der Waals surface area contributed by atoms with Gasteiger partial charge in [-0.05, 0) is 30.5 Å². The summed E-state index contributed by atoms with van der Waals surface area (Å²) < 4.78 is 39.3. The highest BCUT2D eigenvalue weighted by atomic mass is 35.5. The smallest absolute Gasteiger partial charge is 0.223 e. The Bertz CT molecular complexity index is 1300. The van der Waals surface area contributed by atoms with Crippen LogP contribution in [-0.4, -0.2) is 33.3 Å². The van der Waals surface area contributed by atoms with E-state index in [1.165, 1.54) is 17.0 Å². The molecule has 0 spiro atoms. The van der Waals surface area contributed by atoms with Crippen LogP contribution in [0.15, 0.2) is 42.7 Å². The number of primary amides is 1. The number of nitrogens with two attached hydrogens (primary N) is 1. The highest BCUT2D eigenvalue weighted by Crippen LogP contribution is 2.54. The maximum absolute atomic E-state index is 16.0. The van der Waals surface area contributed by atoms with Crippen molar-refractivity contribution in [3.05, 3.63) is 76.1 Å². The summed E-state index contributed by atoms with van der Waals surface area (Å²) in [5.74, 6) is -3.14. The molecule has 5 atom stereocenters. The molecule has 3 aliphatic rings. The van der Waals surface area contributed by atoms with E-state index in [0.717, 1.165) is 24.9 Å². The van der Waals surface area contributed by atoms with Gasteiger partial charge in [-0.2, -0.15) is 0 Å². The molecular formula is C25H24ClF2N5O2. The van der Waals surface area contributed by atoms with E-state index in [9.17, 15) is 4.79 Å². The third-order valence-electron chi connectivity index (χ3n) is 7.68. The molecule has 1 saturated heterocycles. The summed E-state index contributed by atoms with van der Waals surface area (Å²) in [5.41, 5.74) is 6.66. The first-order chi connectivity index (χ1) is 16.9. The molecule has 1 fully saturated rings. The summed E-state index contributed by atoms with van der Waals surface area (Å²) in [6.07, 6.45) is 1.82. The Morgan fingerprint density at radius 2 is 2.11 bits per heavy atom. The molecule has 4 heterocycles. The minimum Gasteiger partial charge on any atom is -0.480 e. The maximum Gasteiger partial charge on any atom is 0.223 e. The number of nitrogens with one attached hydrogen (secondary N) is 1. The molecule has 182 valence electrons. The van der Waals surface area contributed by atoms with Crippen molar-refractivity contribution in [1.82, 2.24) is 20.1 Å². The van der Waals surface area contributed by atoms with E-state index in [2.05, 4.69) is 15.5 Å². The van der Waals surface area contributed by atoms with Crippen LogP contribution >= 0.6 is 11.6 Å². The van der Waals surface area contributed by atoms with Gasteiger partial charge < -0.3 is 20.4 Å². The number of nitrogens with zero attached hydrogens (tertiary/aromatic N) is 3.